The Morgan fingerprint density at radius 3 is 1.91 bits per heavy atom. The van der Waals surface area contributed by atoms with Gasteiger partial charge in [-0.3, -0.25) is 5.43 Å². The van der Waals surface area contributed by atoms with Crippen LogP contribution in [0.4, 0.5) is 5.82 Å². The van der Waals surface area contributed by atoms with E-state index in [1.807, 2.05) is 30.5 Å². The van der Waals surface area contributed by atoms with Crippen LogP contribution in [0.5, 0.6) is 0 Å². The molecule has 0 unspecified atom stereocenters. The molecule has 1 aliphatic carbocycles. The molecule has 4 heteroatoms. The molecule has 1 aromatic heterocycles. The second-order valence-corrected chi connectivity index (χ2v) is 6.27. The van der Waals surface area contributed by atoms with Crippen molar-refractivity contribution < 1.29 is 0 Å². The number of benzene rings is 2. The van der Waals surface area contributed by atoms with Crippen LogP contribution in [-0.2, 0) is 0 Å². The van der Waals surface area contributed by atoms with Crippen LogP contribution in [0.25, 0.3) is 11.1 Å². The van der Waals surface area contributed by atoms with E-state index in [-0.39, 0.29) is 0 Å². The Hall–Kier alpha value is -2.21. The van der Waals surface area contributed by atoms with Gasteiger partial charge in [-0.05, 0) is 45.9 Å². The predicted molar refractivity (Wildman–Crippen MR) is 98.1 cm³/mol. The third kappa shape index (κ3) is 2.29. The molecule has 0 fully saturated rings. The summed E-state index contributed by atoms with van der Waals surface area (Å²) in [6, 6.07) is 20.6. The standard InChI is InChI=1S/C18H12IN3/c19-12-9-10-17(20-11-12)21-22-18-15-7-3-1-5-13(15)14-6-2-4-8-16(14)18/h1-11H,(H,20,21). The van der Waals surface area contributed by atoms with Gasteiger partial charge < -0.3 is 0 Å². The number of hydrazone groups is 1. The van der Waals surface area contributed by atoms with Gasteiger partial charge in [-0.1, -0.05) is 48.5 Å². The Balaban J connectivity index is 1.78. The zero-order valence-corrected chi connectivity index (χ0v) is 13.8. The van der Waals surface area contributed by atoms with E-state index in [0.717, 1.165) is 26.2 Å². The summed E-state index contributed by atoms with van der Waals surface area (Å²) in [7, 11) is 0. The predicted octanol–water partition coefficient (Wildman–Crippen LogP) is 4.53. The minimum absolute atomic E-state index is 0.745. The first-order chi connectivity index (χ1) is 10.8. The second-order valence-electron chi connectivity index (χ2n) is 5.03. The minimum atomic E-state index is 0.745. The van der Waals surface area contributed by atoms with Crippen LogP contribution < -0.4 is 5.43 Å². The van der Waals surface area contributed by atoms with Crippen LogP contribution in [0, 0.1) is 3.57 Å². The van der Waals surface area contributed by atoms with Gasteiger partial charge in [-0.2, -0.15) is 5.10 Å². The molecule has 0 aliphatic heterocycles. The van der Waals surface area contributed by atoms with Crippen molar-refractivity contribution in [3.63, 3.8) is 0 Å². The molecule has 0 radical (unpaired) electrons. The number of anilines is 1. The normalized spacial score (nSPS) is 11.8. The van der Waals surface area contributed by atoms with Crippen molar-refractivity contribution >= 4 is 34.1 Å². The van der Waals surface area contributed by atoms with Crippen LogP contribution >= 0.6 is 22.6 Å². The molecule has 0 atom stereocenters. The molecule has 1 N–H and O–H groups in total. The molecule has 0 amide bonds. The van der Waals surface area contributed by atoms with Gasteiger partial charge in [-0.15, -0.1) is 0 Å². The van der Waals surface area contributed by atoms with Gasteiger partial charge in [0.2, 0.25) is 0 Å². The highest BCUT2D eigenvalue weighted by molar-refractivity contribution is 14.1. The summed E-state index contributed by atoms with van der Waals surface area (Å²) < 4.78 is 1.10. The molecule has 2 aromatic carbocycles. The lowest BCUT2D eigenvalue weighted by molar-refractivity contribution is 1.21. The average molecular weight is 397 g/mol. The maximum absolute atomic E-state index is 4.61. The summed E-state index contributed by atoms with van der Waals surface area (Å²) in [5, 5.41) is 4.61. The van der Waals surface area contributed by atoms with Crippen LogP contribution in [-0.4, -0.2) is 10.7 Å². The second kappa shape index (κ2) is 5.53. The van der Waals surface area contributed by atoms with Gasteiger partial charge >= 0.3 is 0 Å². The number of aromatic nitrogens is 1. The first-order valence-electron chi connectivity index (χ1n) is 6.97. The molecular formula is C18H12IN3. The minimum Gasteiger partial charge on any atom is -0.261 e. The zero-order valence-electron chi connectivity index (χ0n) is 11.6. The van der Waals surface area contributed by atoms with Crippen LogP contribution in [0.3, 0.4) is 0 Å². The lowest BCUT2D eigenvalue weighted by Crippen LogP contribution is -2.03. The highest BCUT2D eigenvalue weighted by Crippen LogP contribution is 2.36. The van der Waals surface area contributed by atoms with E-state index in [4.69, 9.17) is 0 Å². The van der Waals surface area contributed by atoms with E-state index in [0.29, 0.717) is 0 Å². The van der Waals surface area contributed by atoms with Crippen molar-refractivity contribution in [1.82, 2.24) is 4.98 Å². The number of nitrogens with one attached hydrogen (secondary N) is 1. The topological polar surface area (TPSA) is 37.3 Å². The molecular weight excluding hydrogens is 385 g/mol. The Kier molecular flexibility index (Phi) is 3.38. The van der Waals surface area contributed by atoms with Crippen molar-refractivity contribution in [2.24, 2.45) is 5.10 Å². The van der Waals surface area contributed by atoms with E-state index in [1.54, 1.807) is 0 Å². The third-order valence-electron chi connectivity index (χ3n) is 3.66. The summed E-state index contributed by atoms with van der Waals surface area (Å²) in [6.45, 7) is 0. The average Bonchev–Trinajstić information content (AvgIpc) is 2.89. The lowest BCUT2D eigenvalue weighted by atomic mass is 10.1. The monoisotopic (exact) mass is 397 g/mol. The van der Waals surface area contributed by atoms with E-state index in [9.17, 15) is 0 Å². The third-order valence-corrected chi connectivity index (χ3v) is 4.30. The quantitative estimate of drug-likeness (QED) is 0.399. The van der Waals surface area contributed by atoms with E-state index in [2.05, 4.69) is 74.5 Å². The number of fused-ring (bicyclic) bond motifs is 3. The summed E-state index contributed by atoms with van der Waals surface area (Å²) in [5.41, 5.74) is 8.80. The number of hydrogen-bond acceptors (Lipinski definition) is 3. The Labute approximate surface area is 142 Å². The smallest absolute Gasteiger partial charge is 0.146 e. The van der Waals surface area contributed by atoms with Gasteiger partial charge in [0.05, 0.1) is 5.71 Å². The fraction of sp³-hybridized carbons (Fsp3) is 0. The number of pyridine rings is 1. The van der Waals surface area contributed by atoms with E-state index >= 15 is 0 Å². The van der Waals surface area contributed by atoms with Crippen molar-refractivity contribution in [3.8, 4) is 11.1 Å². The van der Waals surface area contributed by atoms with Gasteiger partial charge in [-0.25, -0.2) is 4.98 Å². The van der Waals surface area contributed by atoms with Crippen molar-refractivity contribution in [2.75, 3.05) is 5.43 Å². The van der Waals surface area contributed by atoms with Gasteiger partial charge in [0.25, 0.3) is 0 Å². The van der Waals surface area contributed by atoms with Crippen molar-refractivity contribution in [2.45, 2.75) is 0 Å². The molecule has 1 aliphatic rings. The molecule has 106 valence electrons. The molecule has 22 heavy (non-hydrogen) atoms. The zero-order chi connectivity index (χ0) is 14.9. The Morgan fingerprint density at radius 1 is 0.773 bits per heavy atom. The van der Waals surface area contributed by atoms with E-state index in [1.165, 1.54) is 11.1 Å². The lowest BCUT2D eigenvalue weighted by Gasteiger charge is -2.03. The van der Waals surface area contributed by atoms with Crippen molar-refractivity contribution in [1.29, 1.82) is 0 Å². The summed E-state index contributed by atoms with van der Waals surface area (Å²) in [5.74, 6) is 0.745. The molecule has 0 saturated carbocycles. The van der Waals surface area contributed by atoms with Gasteiger partial charge in [0, 0.05) is 20.9 Å². The highest BCUT2D eigenvalue weighted by Gasteiger charge is 2.23. The number of nitrogens with zero attached hydrogens (tertiary/aromatic N) is 2. The first-order valence-corrected chi connectivity index (χ1v) is 8.05. The van der Waals surface area contributed by atoms with Crippen molar-refractivity contribution in [3.05, 3.63) is 81.6 Å². The van der Waals surface area contributed by atoms with Gasteiger partial charge in [0.15, 0.2) is 0 Å². The number of rotatable bonds is 2. The molecule has 3 nitrogen and oxygen atoms in total. The molecule has 3 aromatic rings. The van der Waals surface area contributed by atoms with Crippen LogP contribution in [0.15, 0.2) is 72.0 Å². The van der Waals surface area contributed by atoms with E-state index < -0.39 is 0 Å². The maximum Gasteiger partial charge on any atom is 0.146 e. The Bertz CT molecular complexity index is 822. The Morgan fingerprint density at radius 2 is 1.36 bits per heavy atom. The van der Waals surface area contributed by atoms with Crippen LogP contribution in [0.2, 0.25) is 0 Å². The fourth-order valence-electron chi connectivity index (χ4n) is 2.67. The summed E-state index contributed by atoms with van der Waals surface area (Å²) in [6.07, 6.45) is 1.82. The largest absolute Gasteiger partial charge is 0.261 e. The van der Waals surface area contributed by atoms with Crippen LogP contribution in [0.1, 0.15) is 11.1 Å². The fourth-order valence-corrected chi connectivity index (χ4v) is 2.99. The molecule has 1 heterocycles. The summed E-state index contributed by atoms with van der Waals surface area (Å²) in [4.78, 5) is 4.33. The highest BCUT2D eigenvalue weighted by atomic mass is 127. The van der Waals surface area contributed by atoms with Gasteiger partial charge in [0.1, 0.15) is 5.82 Å². The molecule has 0 bridgehead atoms. The molecule has 0 saturated heterocycles. The summed E-state index contributed by atoms with van der Waals surface area (Å²) >= 11 is 2.24. The first kappa shape index (κ1) is 13.5. The molecule has 0 spiro atoms. The molecule has 4 rings (SSSR count). The SMILES string of the molecule is Ic1ccc(NN=C2c3ccccc3-c3ccccc32)nc1. The maximum atomic E-state index is 4.61. The number of halogens is 1. The number of hydrogen-bond donors (Lipinski definition) is 1.